The summed E-state index contributed by atoms with van der Waals surface area (Å²) in [7, 11) is 1.59. The van der Waals surface area contributed by atoms with Crippen molar-refractivity contribution in [1.29, 1.82) is 0 Å². The van der Waals surface area contributed by atoms with Gasteiger partial charge in [0.15, 0.2) is 24.8 Å². The number of carbonyl (C=O) groups is 2. The highest BCUT2D eigenvalue weighted by Crippen LogP contribution is 2.36. The van der Waals surface area contributed by atoms with Crippen molar-refractivity contribution in [2.24, 2.45) is 0 Å². The standard InChI is InChI=1S/C62H62O14/c1-66-50-34-32-47(33-35-50)37-68-42-52-54(56(74-59(63)48-28-16-6-17-29-48)57(61(65)72-52)75-60(64)49-30-18-7-19-31-49)76-62-58(71-40-46-26-14-5-15-27-46)55(70-39-45-24-12-4-13-25-45)53(69-38-44-22-10-3-11-23-44)51(73-62)41-67-36-43-20-8-2-9-21-43/h2-35,51-58,61-62,65H,36-42H2,1H3/t51-,52-,53-,54-,55+,56+,57-,58-,61-,62-/m1/s1. The number of ether oxygens (including phenoxy) is 11. The molecule has 2 saturated heterocycles. The van der Waals surface area contributed by atoms with E-state index in [0.717, 1.165) is 27.8 Å². The van der Waals surface area contributed by atoms with Crippen LogP contribution in [0.1, 0.15) is 48.5 Å². The molecular formula is C62H62O14. The van der Waals surface area contributed by atoms with E-state index >= 15 is 0 Å². The predicted octanol–water partition coefficient (Wildman–Crippen LogP) is 9.46. The highest BCUT2D eigenvalue weighted by atomic mass is 16.8. The summed E-state index contributed by atoms with van der Waals surface area (Å²) in [5.74, 6) is -0.906. The third kappa shape index (κ3) is 14.9. The van der Waals surface area contributed by atoms with Gasteiger partial charge in [0.05, 0.1) is 64.5 Å². The molecule has 2 aliphatic heterocycles. The fraction of sp³-hybridized carbons (Fsp3) is 0.290. The fourth-order valence-electron chi connectivity index (χ4n) is 9.01. The van der Waals surface area contributed by atoms with Crippen LogP contribution < -0.4 is 4.74 Å². The highest BCUT2D eigenvalue weighted by molar-refractivity contribution is 5.90. The van der Waals surface area contributed by atoms with Crippen molar-refractivity contribution in [3.8, 4) is 5.75 Å². The maximum absolute atomic E-state index is 14.3. The Bertz CT molecular complexity index is 2790. The molecule has 9 rings (SSSR count). The Morgan fingerprint density at radius 1 is 0.408 bits per heavy atom. The number of hydrogen-bond acceptors (Lipinski definition) is 14. The summed E-state index contributed by atoms with van der Waals surface area (Å²) in [6.07, 6.45) is -12.6. The third-order valence-corrected chi connectivity index (χ3v) is 13.0. The molecule has 14 nitrogen and oxygen atoms in total. The second-order valence-corrected chi connectivity index (χ2v) is 18.3. The van der Waals surface area contributed by atoms with Gasteiger partial charge in [-0.3, -0.25) is 0 Å². The number of esters is 2. The molecule has 0 spiro atoms. The van der Waals surface area contributed by atoms with Crippen LogP contribution in [-0.4, -0.2) is 98.8 Å². The summed E-state index contributed by atoms with van der Waals surface area (Å²) >= 11 is 0. The van der Waals surface area contributed by atoms with Crippen molar-refractivity contribution in [3.63, 3.8) is 0 Å². The largest absolute Gasteiger partial charge is 0.497 e. The molecule has 0 aromatic heterocycles. The molecule has 7 aromatic rings. The minimum Gasteiger partial charge on any atom is -0.497 e. The second-order valence-electron chi connectivity index (χ2n) is 18.3. The lowest BCUT2D eigenvalue weighted by molar-refractivity contribution is -0.367. The molecule has 2 fully saturated rings. The molecule has 7 aromatic carbocycles. The summed E-state index contributed by atoms with van der Waals surface area (Å²) in [6, 6.07) is 63.0. The van der Waals surface area contributed by atoms with Gasteiger partial charge >= 0.3 is 11.9 Å². The molecular weight excluding hydrogens is 969 g/mol. The minimum absolute atomic E-state index is 0.0167. The topological polar surface area (TPSA) is 156 Å². The molecule has 1 N–H and O–H groups in total. The van der Waals surface area contributed by atoms with Gasteiger partial charge in [0.2, 0.25) is 0 Å². The number of methoxy groups -OCH3 is 1. The molecule has 2 aliphatic rings. The van der Waals surface area contributed by atoms with E-state index in [1.807, 2.05) is 146 Å². The van der Waals surface area contributed by atoms with E-state index < -0.39 is 73.4 Å². The molecule has 10 atom stereocenters. The molecule has 394 valence electrons. The number of hydrogen-bond donors (Lipinski definition) is 1. The van der Waals surface area contributed by atoms with E-state index in [1.54, 1.807) is 67.8 Å². The summed E-state index contributed by atoms with van der Waals surface area (Å²) < 4.78 is 72.2. The van der Waals surface area contributed by atoms with Gasteiger partial charge in [-0.1, -0.05) is 170 Å². The van der Waals surface area contributed by atoms with E-state index in [4.69, 9.17) is 52.1 Å². The van der Waals surface area contributed by atoms with Crippen LogP contribution in [0.4, 0.5) is 0 Å². The Morgan fingerprint density at radius 3 is 1.25 bits per heavy atom. The van der Waals surface area contributed by atoms with Crippen LogP contribution in [0.3, 0.4) is 0 Å². The number of carbonyl (C=O) groups excluding carboxylic acids is 2. The fourth-order valence-corrected chi connectivity index (χ4v) is 9.01. The Morgan fingerprint density at radius 2 is 0.789 bits per heavy atom. The van der Waals surface area contributed by atoms with Gasteiger partial charge in [0, 0.05) is 0 Å². The van der Waals surface area contributed by atoms with E-state index in [-0.39, 0.29) is 57.4 Å². The summed E-state index contributed by atoms with van der Waals surface area (Å²) in [5.41, 5.74) is 4.82. The van der Waals surface area contributed by atoms with Crippen molar-refractivity contribution in [3.05, 3.63) is 245 Å². The van der Waals surface area contributed by atoms with Crippen molar-refractivity contribution in [1.82, 2.24) is 0 Å². The monoisotopic (exact) mass is 1030 g/mol. The van der Waals surface area contributed by atoms with Gasteiger partial charge in [-0.05, 0) is 64.2 Å². The smallest absolute Gasteiger partial charge is 0.338 e. The zero-order chi connectivity index (χ0) is 52.3. The summed E-state index contributed by atoms with van der Waals surface area (Å²) in [5, 5.41) is 12.0. The quantitative estimate of drug-likeness (QED) is 0.0571. The van der Waals surface area contributed by atoms with Crippen LogP contribution in [0.15, 0.2) is 206 Å². The maximum atomic E-state index is 14.3. The van der Waals surface area contributed by atoms with Crippen molar-refractivity contribution >= 4 is 11.9 Å². The number of aliphatic hydroxyl groups is 1. The molecule has 0 radical (unpaired) electrons. The molecule has 0 aliphatic carbocycles. The number of benzene rings is 7. The Balaban J connectivity index is 1.12. The van der Waals surface area contributed by atoms with Gasteiger partial charge in [0.25, 0.3) is 0 Å². The average molecular weight is 1030 g/mol. The van der Waals surface area contributed by atoms with Gasteiger partial charge in [0.1, 0.15) is 42.4 Å². The lowest BCUT2D eigenvalue weighted by Gasteiger charge is -2.49. The van der Waals surface area contributed by atoms with Crippen LogP contribution in [0.5, 0.6) is 5.75 Å². The van der Waals surface area contributed by atoms with Gasteiger partial charge < -0.3 is 57.2 Å². The minimum atomic E-state index is -1.83. The second kappa shape index (κ2) is 27.6. The normalized spacial score (nSPS) is 23.3. The molecule has 2 heterocycles. The Hall–Kier alpha value is -7.08. The first-order valence-corrected chi connectivity index (χ1v) is 25.3. The van der Waals surface area contributed by atoms with E-state index in [9.17, 15) is 14.7 Å². The average Bonchev–Trinajstić information content (AvgIpc) is 3.48. The van der Waals surface area contributed by atoms with E-state index in [2.05, 4.69) is 0 Å². The van der Waals surface area contributed by atoms with Gasteiger partial charge in [-0.15, -0.1) is 0 Å². The highest BCUT2D eigenvalue weighted by Gasteiger charge is 2.56. The first-order valence-electron chi connectivity index (χ1n) is 25.3. The molecule has 0 unspecified atom stereocenters. The van der Waals surface area contributed by atoms with Crippen molar-refractivity contribution < 1.29 is 66.8 Å². The molecule has 76 heavy (non-hydrogen) atoms. The molecule has 14 heteroatoms. The van der Waals surface area contributed by atoms with Crippen LogP contribution >= 0.6 is 0 Å². The number of aliphatic hydroxyl groups excluding tert-OH is 1. The first kappa shape index (κ1) is 53.7. The van der Waals surface area contributed by atoms with Crippen molar-refractivity contribution in [2.45, 2.75) is 94.4 Å². The lowest BCUT2D eigenvalue weighted by Crippen LogP contribution is -2.66. The predicted molar refractivity (Wildman–Crippen MR) is 280 cm³/mol. The molecule has 0 bridgehead atoms. The Kier molecular flexibility index (Phi) is 19.5. The third-order valence-electron chi connectivity index (χ3n) is 13.0. The maximum Gasteiger partial charge on any atom is 0.338 e. The van der Waals surface area contributed by atoms with Crippen LogP contribution in [-0.2, 0) is 80.4 Å². The zero-order valence-electron chi connectivity index (χ0n) is 42.1. The summed E-state index contributed by atoms with van der Waals surface area (Å²) in [4.78, 5) is 28.3. The van der Waals surface area contributed by atoms with E-state index in [1.165, 1.54) is 0 Å². The van der Waals surface area contributed by atoms with Crippen LogP contribution in [0.2, 0.25) is 0 Å². The van der Waals surface area contributed by atoms with E-state index in [0.29, 0.717) is 5.75 Å². The molecule has 0 amide bonds. The van der Waals surface area contributed by atoms with Gasteiger partial charge in [-0.25, -0.2) is 9.59 Å². The Labute approximate surface area is 442 Å². The zero-order valence-corrected chi connectivity index (χ0v) is 42.1. The first-order chi connectivity index (χ1) is 37.4. The number of rotatable bonds is 24. The summed E-state index contributed by atoms with van der Waals surface area (Å²) in [6.45, 7) is 0.639. The SMILES string of the molecule is COc1ccc(COC[C@H]2O[C@@H](O)[C@H](OC(=O)c3ccccc3)[C@@H](OC(=O)c3ccccc3)[C@@H]2O[C@H]2O[C@H](COCc3ccccc3)[C@@H](OCc3ccccc3)[C@H](OCc3ccccc3)[C@H]2OCc2ccccc2)cc1. The lowest BCUT2D eigenvalue weighted by atomic mass is 9.95. The van der Waals surface area contributed by atoms with Crippen molar-refractivity contribution in [2.75, 3.05) is 20.3 Å². The van der Waals surface area contributed by atoms with Gasteiger partial charge in [-0.2, -0.15) is 0 Å². The molecule has 0 saturated carbocycles. The van der Waals surface area contributed by atoms with Crippen LogP contribution in [0, 0.1) is 0 Å². The van der Waals surface area contributed by atoms with Crippen LogP contribution in [0.25, 0.3) is 0 Å².